The van der Waals surface area contributed by atoms with Gasteiger partial charge in [-0.15, -0.1) is 0 Å². The molecule has 0 aromatic heterocycles. The molecular formula is C11H22N2O. The van der Waals surface area contributed by atoms with Crippen LogP contribution in [0.15, 0.2) is 0 Å². The van der Waals surface area contributed by atoms with E-state index in [4.69, 9.17) is 4.74 Å². The molecule has 0 aromatic carbocycles. The summed E-state index contributed by atoms with van der Waals surface area (Å²) >= 11 is 0. The molecule has 3 nitrogen and oxygen atoms in total. The van der Waals surface area contributed by atoms with Gasteiger partial charge in [0.15, 0.2) is 0 Å². The van der Waals surface area contributed by atoms with Gasteiger partial charge in [-0.25, -0.2) is 0 Å². The first-order valence-electron chi connectivity index (χ1n) is 5.77. The Hall–Kier alpha value is -0.120. The van der Waals surface area contributed by atoms with Gasteiger partial charge in [-0.3, -0.25) is 0 Å². The summed E-state index contributed by atoms with van der Waals surface area (Å²) in [5.74, 6) is 0. The number of nitrogens with zero attached hydrogens (tertiary/aromatic N) is 1. The van der Waals surface area contributed by atoms with Crippen molar-refractivity contribution in [3.05, 3.63) is 0 Å². The Morgan fingerprint density at radius 3 is 2.93 bits per heavy atom. The molecule has 2 aliphatic rings. The zero-order chi connectivity index (χ0) is 9.86. The fourth-order valence-corrected chi connectivity index (χ4v) is 2.79. The normalized spacial score (nSPS) is 26.4. The van der Waals surface area contributed by atoms with Gasteiger partial charge in [-0.2, -0.15) is 0 Å². The lowest BCUT2D eigenvalue weighted by molar-refractivity contribution is -0.0208. The number of methoxy groups -OCH3 is 1. The minimum Gasteiger partial charge on any atom is -0.385 e. The third-order valence-corrected chi connectivity index (χ3v) is 3.50. The van der Waals surface area contributed by atoms with Crippen LogP contribution >= 0.6 is 0 Å². The van der Waals surface area contributed by atoms with Gasteiger partial charge in [0.2, 0.25) is 0 Å². The summed E-state index contributed by atoms with van der Waals surface area (Å²) < 4.78 is 5.06. The molecule has 2 heterocycles. The van der Waals surface area contributed by atoms with Crippen LogP contribution < -0.4 is 5.32 Å². The van der Waals surface area contributed by atoms with Gasteiger partial charge < -0.3 is 15.0 Å². The molecule has 2 aliphatic heterocycles. The number of nitrogens with one attached hydrogen (secondary N) is 1. The number of ether oxygens (including phenoxy) is 1. The Kier molecular flexibility index (Phi) is 3.42. The third kappa shape index (κ3) is 2.27. The largest absolute Gasteiger partial charge is 0.385 e. The highest BCUT2D eigenvalue weighted by molar-refractivity contribution is 4.98. The number of rotatable bonds is 4. The van der Waals surface area contributed by atoms with Crippen molar-refractivity contribution in [3.63, 3.8) is 0 Å². The van der Waals surface area contributed by atoms with Crippen LogP contribution in [-0.4, -0.2) is 51.3 Å². The Balaban J connectivity index is 1.62. The summed E-state index contributed by atoms with van der Waals surface area (Å²) in [4.78, 5) is 2.56. The zero-order valence-electron chi connectivity index (χ0n) is 9.22. The van der Waals surface area contributed by atoms with E-state index in [-0.39, 0.29) is 0 Å². The summed E-state index contributed by atoms with van der Waals surface area (Å²) in [6.07, 6.45) is 3.98. The van der Waals surface area contributed by atoms with Crippen molar-refractivity contribution in [2.75, 3.05) is 46.4 Å². The van der Waals surface area contributed by atoms with Gasteiger partial charge >= 0.3 is 0 Å². The van der Waals surface area contributed by atoms with E-state index in [0.717, 1.165) is 6.61 Å². The van der Waals surface area contributed by atoms with Crippen LogP contribution in [0.25, 0.3) is 0 Å². The third-order valence-electron chi connectivity index (χ3n) is 3.50. The highest BCUT2D eigenvalue weighted by Gasteiger charge is 2.42. The second-order valence-electron chi connectivity index (χ2n) is 4.84. The fraction of sp³-hybridized carbons (Fsp3) is 1.00. The van der Waals surface area contributed by atoms with Crippen LogP contribution in [0, 0.1) is 5.41 Å². The Labute approximate surface area is 86.8 Å². The first kappa shape index (κ1) is 10.4. The Morgan fingerprint density at radius 2 is 2.29 bits per heavy atom. The average molecular weight is 198 g/mol. The van der Waals surface area contributed by atoms with Crippen molar-refractivity contribution in [3.8, 4) is 0 Å². The molecule has 0 saturated carbocycles. The second kappa shape index (κ2) is 4.60. The lowest BCUT2D eigenvalue weighted by Gasteiger charge is -2.52. The van der Waals surface area contributed by atoms with Crippen molar-refractivity contribution in [1.29, 1.82) is 0 Å². The van der Waals surface area contributed by atoms with Crippen LogP contribution in [0.2, 0.25) is 0 Å². The maximum atomic E-state index is 5.06. The van der Waals surface area contributed by atoms with Crippen LogP contribution in [0.3, 0.4) is 0 Å². The van der Waals surface area contributed by atoms with Crippen LogP contribution in [-0.2, 0) is 4.74 Å². The Bertz CT molecular complexity index is 170. The monoisotopic (exact) mass is 198 g/mol. The molecule has 0 radical (unpaired) electrons. The smallest absolute Gasteiger partial charge is 0.0474 e. The second-order valence-corrected chi connectivity index (χ2v) is 4.84. The first-order chi connectivity index (χ1) is 6.85. The van der Waals surface area contributed by atoms with E-state index in [1.165, 1.54) is 52.0 Å². The SMILES string of the molecule is COCCCN1CC2(CCCNC2)C1. The zero-order valence-corrected chi connectivity index (χ0v) is 9.22. The molecule has 0 amide bonds. The van der Waals surface area contributed by atoms with Crippen LogP contribution in [0.1, 0.15) is 19.3 Å². The molecule has 14 heavy (non-hydrogen) atoms. The van der Waals surface area contributed by atoms with Crippen molar-refractivity contribution < 1.29 is 4.74 Å². The predicted molar refractivity (Wildman–Crippen MR) is 57.5 cm³/mol. The van der Waals surface area contributed by atoms with Gasteiger partial charge in [-0.05, 0) is 25.8 Å². The summed E-state index contributed by atoms with van der Waals surface area (Å²) in [6.45, 7) is 7.21. The van der Waals surface area contributed by atoms with E-state index in [0.29, 0.717) is 5.41 Å². The van der Waals surface area contributed by atoms with E-state index < -0.39 is 0 Å². The van der Waals surface area contributed by atoms with E-state index in [1.54, 1.807) is 7.11 Å². The molecule has 0 atom stereocenters. The maximum Gasteiger partial charge on any atom is 0.0474 e. The van der Waals surface area contributed by atoms with E-state index >= 15 is 0 Å². The van der Waals surface area contributed by atoms with Crippen LogP contribution in [0.4, 0.5) is 0 Å². The van der Waals surface area contributed by atoms with Gasteiger partial charge in [0.25, 0.3) is 0 Å². The highest BCUT2D eigenvalue weighted by Crippen LogP contribution is 2.36. The molecule has 1 N–H and O–H groups in total. The molecule has 0 aliphatic carbocycles. The van der Waals surface area contributed by atoms with Gasteiger partial charge in [0.1, 0.15) is 0 Å². The molecule has 0 aromatic rings. The molecule has 0 bridgehead atoms. The van der Waals surface area contributed by atoms with E-state index in [2.05, 4.69) is 10.2 Å². The van der Waals surface area contributed by atoms with Gasteiger partial charge in [0.05, 0.1) is 0 Å². The number of hydrogen-bond donors (Lipinski definition) is 1. The lowest BCUT2D eigenvalue weighted by Crippen LogP contribution is -2.62. The van der Waals surface area contributed by atoms with Crippen molar-refractivity contribution in [1.82, 2.24) is 10.2 Å². The van der Waals surface area contributed by atoms with Gasteiger partial charge in [0, 0.05) is 45.3 Å². The summed E-state index contributed by atoms with van der Waals surface area (Å²) in [6, 6.07) is 0. The first-order valence-corrected chi connectivity index (χ1v) is 5.77. The lowest BCUT2D eigenvalue weighted by atomic mass is 9.74. The summed E-state index contributed by atoms with van der Waals surface area (Å²) in [7, 11) is 1.78. The molecule has 2 rings (SSSR count). The quantitative estimate of drug-likeness (QED) is 0.673. The topological polar surface area (TPSA) is 24.5 Å². The standard InChI is InChI=1S/C11H22N2O/c1-14-7-3-6-13-9-11(10-13)4-2-5-12-8-11/h12H,2-10H2,1H3. The van der Waals surface area contributed by atoms with E-state index in [9.17, 15) is 0 Å². The maximum absolute atomic E-state index is 5.06. The Morgan fingerprint density at radius 1 is 1.43 bits per heavy atom. The molecule has 3 heteroatoms. The number of hydrogen-bond acceptors (Lipinski definition) is 3. The minimum absolute atomic E-state index is 0.644. The van der Waals surface area contributed by atoms with Crippen molar-refractivity contribution in [2.45, 2.75) is 19.3 Å². The molecule has 2 saturated heterocycles. The van der Waals surface area contributed by atoms with Crippen molar-refractivity contribution >= 4 is 0 Å². The predicted octanol–water partition coefficient (Wildman–Crippen LogP) is 0.708. The fourth-order valence-electron chi connectivity index (χ4n) is 2.79. The van der Waals surface area contributed by atoms with Gasteiger partial charge in [-0.1, -0.05) is 0 Å². The molecule has 1 spiro atoms. The van der Waals surface area contributed by atoms with Crippen molar-refractivity contribution in [2.24, 2.45) is 5.41 Å². The van der Waals surface area contributed by atoms with Crippen LogP contribution in [0.5, 0.6) is 0 Å². The number of likely N-dealkylation sites (tertiary alicyclic amines) is 1. The summed E-state index contributed by atoms with van der Waals surface area (Å²) in [5, 5.41) is 3.51. The number of piperidine rings is 1. The molecular weight excluding hydrogens is 176 g/mol. The minimum atomic E-state index is 0.644. The molecule has 82 valence electrons. The van der Waals surface area contributed by atoms with E-state index in [1.807, 2.05) is 0 Å². The molecule has 2 fully saturated rings. The average Bonchev–Trinajstić information content (AvgIpc) is 2.17. The molecule has 0 unspecified atom stereocenters. The summed E-state index contributed by atoms with van der Waals surface area (Å²) in [5.41, 5.74) is 0.644. The highest BCUT2D eigenvalue weighted by atomic mass is 16.5.